The molecule has 2 N–H and O–H groups in total. The molecule has 19 heavy (non-hydrogen) atoms. The lowest BCUT2D eigenvalue weighted by Gasteiger charge is -2.24. The molecule has 1 rings (SSSR count). The van der Waals surface area contributed by atoms with Crippen molar-refractivity contribution in [2.45, 2.75) is 32.9 Å². The van der Waals surface area contributed by atoms with Crippen molar-refractivity contribution in [3.05, 3.63) is 34.0 Å². The summed E-state index contributed by atoms with van der Waals surface area (Å²) < 4.78 is 0.729. The summed E-state index contributed by atoms with van der Waals surface area (Å²) in [5.41, 5.74) is 5.96. The number of halogens is 1. The van der Waals surface area contributed by atoms with Gasteiger partial charge in [0.25, 0.3) is 0 Å². The van der Waals surface area contributed by atoms with E-state index >= 15 is 0 Å². The van der Waals surface area contributed by atoms with E-state index in [4.69, 9.17) is 17.3 Å². The van der Waals surface area contributed by atoms with Gasteiger partial charge in [-0.2, -0.15) is 0 Å². The number of carbonyl (C=O) groups excluding carboxylic acids is 1. The summed E-state index contributed by atoms with van der Waals surface area (Å²) in [7, 11) is 0. The molecule has 0 radical (unpaired) electrons. The smallest absolute Gasteiger partial charge is 0.240 e. The Labute approximate surface area is 124 Å². The van der Waals surface area contributed by atoms with Crippen molar-refractivity contribution < 1.29 is 4.79 Å². The van der Waals surface area contributed by atoms with Gasteiger partial charge in [-0.05, 0) is 24.5 Å². The predicted octanol–water partition coefficient (Wildman–Crippen LogP) is 3.29. The van der Waals surface area contributed by atoms with Gasteiger partial charge >= 0.3 is 0 Å². The van der Waals surface area contributed by atoms with Gasteiger partial charge in [-0.3, -0.25) is 4.79 Å². The van der Waals surface area contributed by atoms with Crippen molar-refractivity contribution in [1.82, 2.24) is 4.90 Å². The zero-order valence-electron chi connectivity index (χ0n) is 11.4. The average molecular weight is 301 g/mol. The number of rotatable bonds is 7. The molecule has 0 aliphatic rings. The van der Waals surface area contributed by atoms with Crippen LogP contribution in [-0.4, -0.2) is 23.4 Å². The highest BCUT2D eigenvalue weighted by Crippen LogP contribution is 2.23. The van der Waals surface area contributed by atoms with Crippen LogP contribution in [0.5, 0.6) is 0 Å². The first-order chi connectivity index (χ1) is 8.93. The second-order valence-corrected chi connectivity index (χ2v) is 6.75. The lowest BCUT2D eigenvalue weighted by atomic mass is 10.0. The number of hydrogen-bond acceptors (Lipinski definition) is 3. The van der Waals surface area contributed by atoms with Gasteiger partial charge in [0.2, 0.25) is 5.91 Å². The Bertz CT molecular complexity index is 431. The number of hydrogen-bond donors (Lipinski definition) is 1. The molecule has 1 amide bonds. The monoisotopic (exact) mass is 300 g/mol. The molecule has 106 valence electrons. The molecular weight excluding hydrogens is 280 g/mol. The van der Waals surface area contributed by atoms with Crippen LogP contribution in [0.3, 0.4) is 0 Å². The molecular formula is C14H21ClN2OS. The molecule has 0 spiro atoms. The Balaban J connectivity index is 2.70. The summed E-state index contributed by atoms with van der Waals surface area (Å²) in [6, 6.07) is 3.33. The van der Waals surface area contributed by atoms with E-state index in [0.29, 0.717) is 25.4 Å². The highest BCUT2D eigenvalue weighted by Gasteiger charge is 2.21. The second-order valence-electron chi connectivity index (χ2n) is 4.95. The molecule has 0 saturated heterocycles. The number of carbonyl (C=O) groups is 1. The van der Waals surface area contributed by atoms with E-state index in [2.05, 4.69) is 20.4 Å². The Kier molecular flexibility index (Phi) is 6.55. The van der Waals surface area contributed by atoms with E-state index in [0.717, 1.165) is 9.21 Å². The molecule has 1 aromatic rings. The van der Waals surface area contributed by atoms with E-state index < -0.39 is 6.04 Å². The molecule has 0 aliphatic carbocycles. The summed E-state index contributed by atoms with van der Waals surface area (Å²) >= 11 is 7.38. The summed E-state index contributed by atoms with van der Waals surface area (Å²) in [6.07, 6.45) is 2.41. The molecule has 3 nitrogen and oxygen atoms in total. The van der Waals surface area contributed by atoms with Gasteiger partial charge in [-0.25, -0.2) is 0 Å². The molecule has 1 aromatic heterocycles. The summed E-state index contributed by atoms with van der Waals surface area (Å²) in [5, 5.41) is 0. The SMILES string of the molecule is C=CCN(Cc1ccc(Cl)s1)C(=O)[C@H](N)CC(C)C. The van der Waals surface area contributed by atoms with Crippen LogP contribution in [0.1, 0.15) is 25.1 Å². The molecule has 0 aliphatic heterocycles. The quantitative estimate of drug-likeness (QED) is 0.785. The molecule has 0 saturated carbocycles. The van der Waals surface area contributed by atoms with Crippen molar-refractivity contribution in [3.8, 4) is 0 Å². The largest absolute Gasteiger partial charge is 0.332 e. The summed E-state index contributed by atoms with van der Waals surface area (Å²) in [5.74, 6) is 0.374. The van der Waals surface area contributed by atoms with Crippen LogP contribution in [-0.2, 0) is 11.3 Å². The summed E-state index contributed by atoms with van der Waals surface area (Å²) in [6.45, 7) is 8.85. The molecule has 0 aromatic carbocycles. The molecule has 5 heteroatoms. The third-order valence-corrected chi connectivity index (χ3v) is 3.90. The van der Waals surface area contributed by atoms with Crippen molar-refractivity contribution >= 4 is 28.8 Å². The Morgan fingerprint density at radius 1 is 1.58 bits per heavy atom. The van der Waals surface area contributed by atoms with Crippen molar-refractivity contribution in [2.24, 2.45) is 11.7 Å². The highest BCUT2D eigenvalue weighted by molar-refractivity contribution is 7.16. The lowest BCUT2D eigenvalue weighted by Crippen LogP contribution is -2.44. The van der Waals surface area contributed by atoms with Crippen molar-refractivity contribution in [3.63, 3.8) is 0 Å². The van der Waals surface area contributed by atoms with Gasteiger partial charge < -0.3 is 10.6 Å². The van der Waals surface area contributed by atoms with Crippen LogP contribution in [0.2, 0.25) is 4.34 Å². The maximum Gasteiger partial charge on any atom is 0.240 e. The first-order valence-electron chi connectivity index (χ1n) is 6.33. The average Bonchev–Trinajstić information content (AvgIpc) is 2.72. The molecule has 0 fully saturated rings. The molecule has 1 heterocycles. The minimum Gasteiger partial charge on any atom is -0.332 e. The van der Waals surface area contributed by atoms with E-state index in [9.17, 15) is 4.79 Å². The number of nitrogens with two attached hydrogens (primary N) is 1. The first kappa shape index (κ1) is 16.2. The Morgan fingerprint density at radius 3 is 2.74 bits per heavy atom. The van der Waals surface area contributed by atoms with Gasteiger partial charge in [-0.1, -0.05) is 31.5 Å². The Morgan fingerprint density at radius 2 is 2.26 bits per heavy atom. The maximum absolute atomic E-state index is 12.3. The van der Waals surface area contributed by atoms with Gasteiger partial charge in [0.15, 0.2) is 0 Å². The van der Waals surface area contributed by atoms with Gasteiger partial charge in [0.05, 0.1) is 16.9 Å². The van der Waals surface area contributed by atoms with Crippen LogP contribution < -0.4 is 5.73 Å². The first-order valence-corrected chi connectivity index (χ1v) is 7.53. The number of thiophene rings is 1. The van der Waals surface area contributed by atoms with E-state index in [-0.39, 0.29) is 5.91 Å². The number of amides is 1. The third kappa shape index (κ3) is 5.35. The van der Waals surface area contributed by atoms with Gasteiger partial charge in [0.1, 0.15) is 0 Å². The van der Waals surface area contributed by atoms with Crippen LogP contribution in [0.4, 0.5) is 0 Å². The third-order valence-electron chi connectivity index (χ3n) is 2.68. The maximum atomic E-state index is 12.3. The molecule has 1 atom stereocenters. The van der Waals surface area contributed by atoms with Crippen LogP contribution in [0, 0.1) is 5.92 Å². The fraction of sp³-hybridized carbons (Fsp3) is 0.500. The van der Waals surface area contributed by atoms with Crippen LogP contribution in [0.25, 0.3) is 0 Å². The Hall–Kier alpha value is -0.840. The topological polar surface area (TPSA) is 46.3 Å². The van der Waals surface area contributed by atoms with Gasteiger partial charge in [-0.15, -0.1) is 17.9 Å². The fourth-order valence-electron chi connectivity index (χ4n) is 1.86. The standard InChI is InChI=1S/C14H21ClN2OS/c1-4-7-17(9-11-5-6-13(15)19-11)14(18)12(16)8-10(2)3/h4-6,10,12H,1,7-9,16H2,2-3H3/t12-/m1/s1. The second kappa shape index (κ2) is 7.68. The summed E-state index contributed by atoms with van der Waals surface area (Å²) in [4.78, 5) is 15.1. The van der Waals surface area contributed by atoms with Crippen molar-refractivity contribution in [1.29, 1.82) is 0 Å². The zero-order chi connectivity index (χ0) is 14.4. The molecule has 0 unspecified atom stereocenters. The van der Waals surface area contributed by atoms with Crippen LogP contribution >= 0.6 is 22.9 Å². The highest BCUT2D eigenvalue weighted by atomic mass is 35.5. The van der Waals surface area contributed by atoms with Gasteiger partial charge in [0, 0.05) is 11.4 Å². The minimum absolute atomic E-state index is 0.0295. The lowest BCUT2D eigenvalue weighted by molar-refractivity contribution is -0.133. The van der Waals surface area contributed by atoms with Crippen LogP contribution in [0.15, 0.2) is 24.8 Å². The predicted molar refractivity (Wildman–Crippen MR) is 82.4 cm³/mol. The fourth-order valence-corrected chi connectivity index (χ4v) is 2.96. The van der Waals surface area contributed by atoms with E-state index in [1.54, 1.807) is 11.0 Å². The van der Waals surface area contributed by atoms with E-state index in [1.165, 1.54) is 11.3 Å². The number of nitrogens with zero attached hydrogens (tertiary/aromatic N) is 1. The molecule has 0 bridgehead atoms. The normalized spacial score (nSPS) is 12.5. The van der Waals surface area contributed by atoms with Crippen molar-refractivity contribution in [2.75, 3.05) is 6.54 Å². The zero-order valence-corrected chi connectivity index (χ0v) is 13.0. The van der Waals surface area contributed by atoms with E-state index in [1.807, 2.05) is 12.1 Å². The minimum atomic E-state index is -0.449.